The van der Waals surface area contributed by atoms with Gasteiger partial charge in [0.1, 0.15) is 11.5 Å². The predicted molar refractivity (Wildman–Crippen MR) is 120 cm³/mol. The van der Waals surface area contributed by atoms with Gasteiger partial charge in [0.15, 0.2) is 5.96 Å². The van der Waals surface area contributed by atoms with Gasteiger partial charge in [0, 0.05) is 37.1 Å². The molecule has 0 saturated carbocycles. The van der Waals surface area contributed by atoms with Crippen LogP contribution in [0.25, 0.3) is 0 Å². The van der Waals surface area contributed by atoms with Crippen LogP contribution in [0, 0.1) is 5.92 Å². The number of aliphatic imine (C=N–C) groups is 1. The normalized spacial score (nSPS) is 20.4. The van der Waals surface area contributed by atoms with Gasteiger partial charge in [-0.05, 0) is 61.8 Å². The van der Waals surface area contributed by atoms with Crippen molar-refractivity contribution in [3.8, 4) is 11.5 Å². The number of likely N-dealkylation sites (tertiary alicyclic amines) is 1. The zero-order chi connectivity index (χ0) is 20.6. The topological polar surface area (TPSA) is 69.1 Å². The van der Waals surface area contributed by atoms with E-state index in [0.717, 1.165) is 24.6 Å². The van der Waals surface area contributed by atoms with E-state index < -0.39 is 0 Å². The van der Waals surface area contributed by atoms with Crippen molar-refractivity contribution in [3.05, 3.63) is 46.2 Å². The van der Waals surface area contributed by atoms with Crippen LogP contribution in [0.4, 0.5) is 0 Å². The molecule has 1 aliphatic rings. The minimum atomic E-state index is 0.262. The first-order valence-electron chi connectivity index (χ1n) is 10.2. The van der Waals surface area contributed by atoms with Crippen molar-refractivity contribution in [1.82, 2.24) is 15.5 Å². The molecule has 1 aliphatic heterocycles. The Balaban J connectivity index is 1.51. The van der Waals surface area contributed by atoms with Gasteiger partial charge < -0.3 is 20.5 Å². The fourth-order valence-electron chi connectivity index (χ4n) is 4.03. The van der Waals surface area contributed by atoms with E-state index in [2.05, 4.69) is 45.1 Å². The van der Waals surface area contributed by atoms with Crippen LogP contribution < -0.4 is 15.4 Å². The highest BCUT2D eigenvalue weighted by Crippen LogP contribution is 2.36. The summed E-state index contributed by atoms with van der Waals surface area (Å²) >= 11 is 1.84. The number of phenolic OH excluding ortho intramolecular Hbond substituents is 1. The Kier molecular flexibility index (Phi) is 7.77. The zero-order valence-corrected chi connectivity index (χ0v) is 18.3. The molecule has 0 amide bonds. The van der Waals surface area contributed by atoms with Crippen LogP contribution in [0.2, 0.25) is 0 Å². The lowest BCUT2D eigenvalue weighted by Gasteiger charge is -2.39. The second-order valence-electron chi connectivity index (χ2n) is 7.47. The van der Waals surface area contributed by atoms with E-state index in [1.165, 1.54) is 17.7 Å². The third kappa shape index (κ3) is 5.64. The molecule has 3 N–H and O–H groups in total. The number of nitrogens with one attached hydrogen (secondary N) is 2. The van der Waals surface area contributed by atoms with Gasteiger partial charge in [0.25, 0.3) is 0 Å². The number of ether oxygens (including phenoxy) is 1. The summed E-state index contributed by atoms with van der Waals surface area (Å²) in [7, 11) is 5.62. The van der Waals surface area contributed by atoms with E-state index in [1.54, 1.807) is 20.2 Å². The molecule has 2 unspecified atom stereocenters. The average Bonchev–Trinajstić information content (AvgIpc) is 3.25. The summed E-state index contributed by atoms with van der Waals surface area (Å²) in [5.41, 5.74) is 0.889. The number of benzene rings is 1. The molecule has 1 aromatic heterocycles. The van der Waals surface area contributed by atoms with Crippen molar-refractivity contribution in [2.45, 2.75) is 25.3 Å². The molecule has 1 fully saturated rings. The van der Waals surface area contributed by atoms with Crippen LogP contribution in [0.5, 0.6) is 11.5 Å². The standard InChI is InChI=1S/C22H32N4O2S/c1-23-22(24-11-10-16-8-9-18(28-3)14-19(16)27)25-15-17-6-4-12-26(2)21(17)20-7-5-13-29-20/h5,7-9,13-14,17,21,27H,4,6,10-12,15H2,1-3H3,(H2,23,24,25). The van der Waals surface area contributed by atoms with Gasteiger partial charge >= 0.3 is 0 Å². The fraction of sp³-hybridized carbons (Fsp3) is 0.500. The highest BCUT2D eigenvalue weighted by molar-refractivity contribution is 7.10. The number of piperidine rings is 1. The largest absolute Gasteiger partial charge is 0.508 e. The van der Waals surface area contributed by atoms with E-state index >= 15 is 0 Å². The lowest BCUT2D eigenvalue weighted by molar-refractivity contribution is 0.125. The highest BCUT2D eigenvalue weighted by Gasteiger charge is 2.31. The molecule has 0 radical (unpaired) electrons. The second kappa shape index (κ2) is 10.5. The molecule has 0 bridgehead atoms. The number of methoxy groups -OCH3 is 1. The highest BCUT2D eigenvalue weighted by atomic mass is 32.1. The van der Waals surface area contributed by atoms with E-state index in [-0.39, 0.29) is 5.75 Å². The SMILES string of the molecule is CN=C(NCCc1ccc(OC)cc1O)NCC1CCCN(C)C1c1cccs1. The predicted octanol–water partition coefficient (Wildman–Crippen LogP) is 3.25. The van der Waals surface area contributed by atoms with E-state index in [0.29, 0.717) is 30.7 Å². The van der Waals surface area contributed by atoms with Crippen molar-refractivity contribution in [2.24, 2.45) is 10.9 Å². The maximum atomic E-state index is 10.1. The van der Waals surface area contributed by atoms with Crippen LogP contribution in [-0.2, 0) is 6.42 Å². The van der Waals surface area contributed by atoms with Crippen LogP contribution in [-0.4, -0.2) is 56.8 Å². The summed E-state index contributed by atoms with van der Waals surface area (Å²) < 4.78 is 5.14. The minimum Gasteiger partial charge on any atom is -0.508 e. The number of hydrogen-bond donors (Lipinski definition) is 3. The van der Waals surface area contributed by atoms with Crippen molar-refractivity contribution in [1.29, 1.82) is 0 Å². The van der Waals surface area contributed by atoms with Crippen LogP contribution in [0.15, 0.2) is 40.7 Å². The van der Waals surface area contributed by atoms with Crippen molar-refractivity contribution >= 4 is 17.3 Å². The number of hydrogen-bond acceptors (Lipinski definition) is 5. The van der Waals surface area contributed by atoms with Crippen LogP contribution in [0.1, 0.15) is 29.3 Å². The summed E-state index contributed by atoms with van der Waals surface area (Å²) in [6, 6.07) is 10.3. The third-order valence-electron chi connectivity index (χ3n) is 5.58. The number of aromatic hydroxyl groups is 1. The molecule has 3 rings (SSSR count). The van der Waals surface area contributed by atoms with Gasteiger partial charge in [-0.1, -0.05) is 12.1 Å². The Hall–Kier alpha value is -2.25. The first-order valence-corrected chi connectivity index (χ1v) is 11.0. The molecule has 29 heavy (non-hydrogen) atoms. The van der Waals surface area contributed by atoms with E-state index in [9.17, 15) is 5.11 Å². The number of phenols is 1. The quantitative estimate of drug-likeness (QED) is 0.478. The molecule has 7 heteroatoms. The Bertz CT molecular complexity index is 794. The van der Waals surface area contributed by atoms with Crippen LogP contribution in [0.3, 0.4) is 0 Å². The van der Waals surface area contributed by atoms with E-state index in [4.69, 9.17) is 4.74 Å². The molecule has 1 saturated heterocycles. The second-order valence-corrected chi connectivity index (χ2v) is 8.45. The molecule has 2 atom stereocenters. The van der Waals surface area contributed by atoms with E-state index in [1.807, 2.05) is 23.5 Å². The number of thiophene rings is 1. The third-order valence-corrected chi connectivity index (χ3v) is 6.52. The zero-order valence-electron chi connectivity index (χ0n) is 17.5. The Morgan fingerprint density at radius 3 is 2.90 bits per heavy atom. The summed E-state index contributed by atoms with van der Waals surface area (Å²) in [6.07, 6.45) is 3.16. The molecular formula is C22H32N4O2S. The minimum absolute atomic E-state index is 0.262. The van der Waals surface area contributed by atoms with Crippen molar-refractivity contribution < 1.29 is 9.84 Å². The van der Waals surface area contributed by atoms with Crippen molar-refractivity contribution in [2.75, 3.05) is 40.8 Å². The molecule has 2 heterocycles. The molecule has 0 spiro atoms. The number of nitrogens with zero attached hydrogens (tertiary/aromatic N) is 2. The summed E-state index contributed by atoms with van der Waals surface area (Å²) in [5, 5.41) is 19.1. The molecule has 158 valence electrons. The maximum Gasteiger partial charge on any atom is 0.190 e. The lowest BCUT2D eigenvalue weighted by atomic mass is 9.88. The molecule has 2 aromatic rings. The van der Waals surface area contributed by atoms with Gasteiger partial charge in [-0.3, -0.25) is 9.89 Å². The number of rotatable bonds is 7. The monoisotopic (exact) mass is 416 g/mol. The van der Waals surface area contributed by atoms with Gasteiger partial charge in [0.05, 0.1) is 7.11 Å². The Morgan fingerprint density at radius 2 is 2.21 bits per heavy atom. The van der Waals surface area contributed by atoms with Gasteiger partial charge in [-0.15, -0.1) is 11.3 Å². The summed E-state index contributed by atoms with van der Waals surface area (Å²) in [6.45, 7) is 2.73. The van der Waals surface area contributed by atoms with Gasteiger partial charge in [0.2, 0.25) is 0 Å². The molecule has 1 aromatic carbocycles. The Morgan fingerprint density at radius 1 is 1.34 bits per heavy atom. The molecule has 6 nitrogen and oxygen atoms in total. The molecule has 0 aliphatic carbocycles. The first-order chi connectivity index (χ1) is 14.1. The smallest absolute Gasteiger partial charge is 0.190 e. The first kappa shape index (κ1) is 21.5. The summed E-state index contributed by atoms with van der Waals surface area (Å²) in [4.78, 5) is 8.28. The fourth-order valence-corrected chi connectivity index (χ4v) is 5.01. The van der Waals surface area contributed by atoms with Crippen molar-refractivity contribution in [3.63, 3.8) is 0 Å². The average molecular weight is 417 g/mol. The number of guanidine groups is 1. The lowest BCUT2D eigenvalue weighted by Crippen LogP contribution is -2.45. The summed E-state index contributed by atoms with van der Waals surface area (Å²) in [5.74, 6) is 2.28. The maximum absolute atomic E-state index is 10.1. The van der Waals surface area contributed by atoms with Gasteiger partial charge in [-0.25, -0.2) is 0 Å². The molecular weight excluding hydrogens is 384 g/mol. The Labute approximate surface area is 177 Å². The van der Waals surface area contributed by atoms with Gasteiger partial charge in [-0.2, -0.15) is 0 Å². The van der Waals surface area contributed by atoms with Crippen LogP contribution >= 0.6 is 11.3 Å².